The van der Waals surface area contributed by atoms with Crippen LogP contribution in [0.4, 0.5) is 0 Å². The first-order valence-electron chi connectivity index (χ1n) is 13.4. The lowest BCUT2D eigenvalue weighted by atomic mass is 9.97. The van der Waals surface area contributed by atoms with Crippen LogP contribution in [0.3, 0.4) is 0 Å². The molecular formula is C30H48N+. The van der Waals surface area contributed by atoms with Crippen molar-refractivity contribution in [3.8, 4) is 0 Å². The minimum Gasteiger partial charge on any atom is -0.198 e. The fraction of sp³-hybridized carbons (Fsp3) is 0.633. The maximum absolute atomic E-state index is 2.49. The molecule has 2 aromatic rings. The molecule has 0 aliphatic carbocycles. The molecular weight excluding hydrogens is 374 g/mol. The first kappa shape index (κ1) is 25.6. The standard InChI is InChI=1S/C30H48N/c1-4-7-9-11-13-16-20-27-24-25-31(30(6-3)28-21-18-15-19-22-28)26-29(27)23-17-14-12-10-8-5-2/h15,18-19,21-22,24-26,30H,4-14,16-17,20,23H2,1-3H3/q+1. The number of nitrogens with zero attached hydrogens (tertiary/aromatic N) is 1. The summed E-state index contributed by atoms with van der Waals surface area (Å²) in [6, 6.07) is 13.9. The summed E-state index contributed by atoms with van der Waals surface area (Å²) >= 11 is 0. The molecule has 0 saturated carbocycles. The maximum atomic E-state index is 2.49. The molecule has 0 aliphatic heterocycles. The summed E-state index contributed by atoms with van der Waals surface area (Å²) in [5, 5.41) is 0. The predicted molar refractivity (Wildman–Crippen MR) is 136 cm³/mol. The average Bonchev–Trinajstić information content (AvgIpc) is 2.80. The van der Waals surface area contributed by atoms with E-state index >= 15 is 0 Å². The summed E-state index contributed by atoms with van der Waals surface area (Å²) < 4.78 is 2.48. The van der Waals surface area contributed by atoms with Crippen LogP contribution in [0, 0.1) is 0 Å². The van der Waals surface area contributed by atoms with Crippen LogP contribution >= 0.6 is 0 Å². The van der Waals surface area contributed by atoms with Gasteiger partial charge in [0.1, 0.15) is 0 Å². The van der Waals surface area contributed by atoms with Gasteiger partial charge in [-0.15, -0.1) is 0 Å². The number of unbranched alkanes of at least 4 members (excludes halogenated alkanes) is 10. The average molecular weight is 423 g/mol. The van der Waals surface area contributed by atoms with Crippen LogP contribution in [0.2, 0.25) is 0 Å². The first-order valence-corrected chi connectivity index (χ1v) is 13.4. The second-order valence-electron chi connectivity index (χ2n) is 9.31. The van der Waals surface area contributed by atoms with Gasteiger partial charge in [-0.3, -0.25) is 0 Å². The number of aryl methyl sites for hydroxylation is 2. The van der Waals surface area contributed by atoms with E-state index in [0.717, 1.165) is 6.42 Å². The van der Waals surface area contributed by atoms with Gasteiger partial charge in [0, 0.05) is 23.6 Å². The SMILES string of the molecule is CCCCCCCCc1cc[n+](C(CC)c2ccccc2)cc1CCCCCCCC. The molecule has 1 heterocycles. The van der Waals surface area contributed by atoms with Gasteiger partial charge in [0.2, 0.25) is 0 Å². The van der Waals surface area contributed by atoms with Crippen LogP contribution in [-0.2, 0) is 12.8 Å². The maximum Gasteiger partial charge on any atom is 0.183 e. The van der Waals surface area contributed by atoms with E-state index in [9.17, 15) is 0 Å². The third kappa shape index (κ3) is 9.58. The molecule has 0 aliphatic rings. The number of hydrogen-bond acceptors (Lipinski definition) is 0. The van der Waals surface area contributed by atoms with Gasteiger partial charge in [-0.25, -0.2) is 0 Å². The van der Waals surface area contributed by atoms with Crippen molar-refractivity contribution in [3.05, 3.63) is 65.5 Å². The Morgan fingerprint density at radius 2 is 1.16 bits per heavy atom. The number of pyridine rings is 1. The Labute approximate surface area is 193 Å². The van der Waals surface area contributed by atoms with E-state index < -0.39 is 0 Å². The molecule has 0 amide bonds. The van der Waals surface area contributed by atoms with Crippen molar-refractivity contribution in [1.29, 1.82) is 0 Å². The molecule has 2 rings (SSSR count). The van der Waals surface area contributed by atoms with Gasteiger partial charge in [-0.2, -0.15) is 4.57 Å². The Bertz CT molecular complexity index is 691. The van der Waals surface area contributed by atoms with E-state index in [0.29, 0.717) is 6.04 Å². The lowest BCUT2D eigenvalue weighted by Gasteiger charge is -2.14. The van der Waals surface area contributed by atoms with E-state index in [1.54, 1.807) is 11.1 Å². The van der Waals surface area contributed by atoms with Gasteiger partial charge in [0.25, 0.3) is 0 Å². The zero-order valence-corrected chi connectivity index (χ0v) is 20.7. The fourth-order valence-electron chi connectivity index (χ4n) is 4.74. The Hall–Kier alpha value is -1.63. The van der Waals surface area contributed by atoms with Crippen LogP contribution < -0.4 is 4.57 Å². The highest BCUT2D eigenvalue weighted by Gasteiger charge is 2.20. The highest BCUT2D eigenvalue weighted by molar-refractivity contribution is 5.22. The minimum atomic E-state index is 0.438. The van der Waals surface area contributed by atoms with Gasteiger partial charge >= 0.3 is 0 Å². The molecule has 1 atom stereocenters. The van der Waals surface area contributed by atoms with Crippen LogP contribution in [-0.4, -0.2) is 0 Å². The van der Waals surface area contributed by atoms with E-state index in [2.05, 4.69) is 74.1 Å². The topological polar surface area (TPSA) is 3.88 Å². The number of aromatic nitrogens is 1. The lowest BCUT2D eigenvalue weighted by Crippen LogP contribution is -2.40. The molecule has 1 unspecified atom stereocenters. The van der Waals surface area contributed by atoms with E-state index in [-0.39, 0.29) is 0 Å². The molecule has 0 N–H and O–H groups in total. The molecule has 1 heteroatoms. The smallest absolute Gasteiger partial charge is 0.183 e. The molecule has 1 aromatic carbocycles. The number of hydrogen-bond donors (Lipinski definition) is 0. The van der Waals surface area contributed by atoms with Gasteiger partial charge in [0.15, 0.2) is 18.4 Å². The second kappa shape index (κ2) is 16.1. The largest absolute Gasteiger partial charge is 0.198 e. The summed E-state index contributed by atoms with van der Waals surface area (Å²) in [5.74, 6) is 0. The zero-order valence-electron chi connectivity index (χ0n) is 20.7. The molecule has 0 spiro atoms. The summed E-state index contributed by atoms with van der Waals surface area (Å²) in [6.45, 7) is 6.91. The Morgan fingerprint density at radius 1 is 0.613 bits per heavy atom. The van der Waals surface area contributed by atoms with Gasteiger partial charge in [0.05, 0.1) is 0 Å². The van der Waals surface area contributed by atoms with E-state index in [4.69, 9.17) is 0 Å². The van der Waals surface area contributed by atoms with Crippen molar-refractivity contribution >= 4 is 0 Å². The summed E-state index contributed by atoms with van der Waals surface area (Å²) in [5.41, 5.74) is 4.62. The van der Waals surface area contributed by atoms with Crippen molar-refractivity contribution in [2.45, 2.75) is 123 Å². The van der Waals surface area contributed by atoms with Crippen molar-refractivity contribution in [1.82, 2.24) is 0 Å². The first-order chi connectivity index (χ1) is 15.3. The Balaban J connectivity index is 2.04. The highest BCUT2D eigenvalue weighted by atomic mass is 15.0. The predicted octanol–water partition coefficient (Wildman–Crippen LogP) is 8.78. The zero-order chi connectivity index (χ0) is 22.2. The molecule has 31 heavy (non-hydrogen) atoms. The lowest BCUT2D eigenvalue weighted by molar-refractivity contribution is -0.714. The third-order valence-corrected chi connectivity index (χ3v) is 6.70. The van der Waals surface area contributed by atoms with Crippen molar-refractivity contribution < 1.29 is 4.57 Å². The quantitative estimate of drug-likeness (QED) is 0.177. The number of benzene rings is 1. The van der Waals surface area contributed by atoms with Crippen LogP contribution in [0.25, 0.3) is 0 Å². The van der Waals surface area contributed by atoms with Gasteiger partial charge in [-0.1, -0.05) is 115 Å². The molecule has 1 nitrogen and oxygen atoms in total. The molecule has 0 saturated heterocycles. The van der Waals surface area contributed by atoms with Crippen molar-refractivity contribution in [2.75, 3.05) is 0 Å². The van der Waals surface area contributed by atoms with Gasteiger partial charge in [-0.05, 0) is 31.2 Å². The Kier molecular flexibility index (Phi) is 13.3. The highest BCUT2D eigenvalue weighted by Crippen LogP contribution is 2.20. The van der Waals surface area contributed by atoms with Gasteiger partial charge < -0.3 is 0 Å². The van der Waals surface area contributed by atoms with Crippen LogP contribution in [0.1, 0.15) is 127 Å². The van der Waals surface area contributed by atoms with Crippen molar-refractivity contribution in [3.63, 3.8) is 0 Å². The third-order valence-electron chi connectivity index (χ3n) is 6.70. The normalized spacial score (nSPS) is 12.2. The van der Waals surface area contributed by atoms with Crippen LogP contribution in [0.15, 0.2) is 48.8 Å². The molecule has 0 bridgehead atoms. The summed E-state index contributed by atoms with van der Waals surface area (Å²) in [4.78, 5) is 0. The van der Waals surface area contributed by atoms with Crippen LogP contribution in [0.5, 0.6) is 0 Å². The fourth-order valence-corrected chi connectivity index (χ4v) is 4.74. The minimum absolute atomic E-state index is 0.438. The summed E-state index contributed by atoms with van der Waals surface area (Å²) in [6.07, 6.45) is 24.9. The number of rotatable bonds is 17. The second-order valence-corrected chi connectivity index (χ2v) is 9.31. The molecule has 1 aromatic heterocycles. The molecule has 0 fully saturated rings. The Morgan fingerprint density at radius 3 is 1.74 bits per heavy atom. The monoisotopic (exact) mass is 422 g/mol. The molecule has 0 radical (unpaired) electrons. The molecule has 172 valence electrons. The van der Waals surface area contributed by atoms with E-state index in [1.165, 1.54) is 95.5 Å². The van der Waals surface area contributed by atoms with E-state index in [1.807, 2.05) is 0 Å². The summed E-state index contributed by atoms with van der Waals surface area (Å²) in [7, 11) is 0. The van der Waals surface area contributed by atoms with Crippen molar-refractivity contribution in [2.24, 2.45) is 0 Å².